The van der Waals surface area contributed by atoms with E-state index >= 15 is 0 Å². The van der Waals surface area contributed by atoms with Crippen LogP contribution >= 0.6 is 0 Å². The molecule has 0 radical (unpaired) electrons. The third-order valence-electron chi connectivity index (χ3n) is 2.95. The highest BCUT2D eigenvalue weighted by molar-refractivity contribution is 5.98. The lowest BCUT2D eigenvalue weighted by Gasteiger charge is -2.10. The molecule has 4 heteroatoms. The van der Waals surface area contributed by atoms with Crippen LogP contribution in [0.1, 0.15) is 22.8 Å². The Balaban J connectivity index is 2.26. The van der Waals surface area contributed by atoms with Crippen molar-refractivity contribution in [3.05, 3.63) is 64.1 Å². The zero-order valence-electron chi connectivity index (χ0n) is 11.6. The van der Waals surface area contributed by atoms with Crippen LogP contribution in [-0.4, -0.2) is 17.0 Å². The van der Waals surface area contributed by atoms with E-state index in [2.05, 4.69) is 0 Å². The molecule has 0 spiro atoms. The molecule has 4 nitrogen and oxygen atoms in total. The van der Waals surface area contributed by atoms with Gasteiger partial charge >= 0.3 is 0 Å². The molecule has 1 aromatic carbocycles. The zero-order chi connectivity index (χ0) is 14.5. The average molecular weight is 271 g/mol. The van der Waals surface area contributed by atoms with Gasteiger partial charge in [0, 0.05) is 12.3 Å². The number of hydrogen-bond acceptors (Lipinski definition) is 3. The molecular formula is C16H17NO3. The monoisotopic (exact) mass is 271 g/mol. The van der Waals surface area contributed by atoms with Gasteiger partial charge in [0.1, 0.15) is 5.75 Å². The number of ketones is 1. The van der Waals surface area contributed by atoms with E-state index in [1.54, 1.807) is 24.4 Å². The summed E-state index contributed by atoms with van der Waals surface area (Å²) >= 11 is 0. The Hall–Kier alpha value is -2.36. The van der Waals surface area contributed by atoms with Gasteiger partial charge in [0.05, 0.1) is 18.7 Å². The second-order valence-corrected chi connectivity index (χ2v) is 4.52. The fourth-order valence-corrected chi connectivity index (χ4v) is 1.96. The van der Waals surface area contributed by atoms with Crippen molar-refractivity contribution >= 4 is 5.78 Å². The van der Waals surface area contributed by atoms with Crippen LogP contribution in [0.25, 0.3) is 0 Å². The van der Waals surface area contributed by atoms with Gasteiger partial charge in [-0.2, -0.15) is 0 Å². The molecule has 0 saturated carbocycles. The van der Waals surface area contributed by atoms with Gasteiger partial charge in [0.15, 0.2) is 5.78 Å². The van der Waals surface area contributed by atoms with Gasteiger partial charge in [-0.15, -0.1) is 0 Å². The number of nitrogens with zero attached hydrogens (tertiary/aromatic N) is 1. The number of aryl methyl sites for hydroxylation is 1. The smallest absolute Gasteiger partial charge is 0.251 e. The van der Waals surface area contributed by atoms with Crippen LogP contribution in [0.15, 0.2) is 47.4 Å². The molecule has 2 aromatic rings. The van der Waals surface area contributed by atoms with Crippen LogP contribution in [0.5, 0.6) is 5.75 Å². The van der Waals surface area contributed by atoms with Gasteiger partial charge in [-0.1, -0.05) is 12.1 Å². The van der Waals surface area contributed by atoms with E-state index in [1.165, 1.54) is 10.6 Å². The minimum Gasteiger partial charge on any atom is -0.493 e. The molecular weight excluding hydrogens is 254 g/mol. The Labute approximate surface area is 117 Å². The molecule has 0 aliphatic heterocycles. The summed E-state index contributed by atoms with van der Waals surface area (Å²) in [7, 11) is 0. The van der Waals surface area contributed by atoms with E-state index in [0.717, 1.165) is 5.56 Å². The van der Waals surface area contributed by atoms with Crippen molar-refractivity contribution in [2.24, 2.45) is 0 Å². The summed E-state index contributed by atoms with van der Waals surface area (Å²) in [5, 5.41) is 0. The molecule has 1 heterocycles. The molecule has 0 unspecified atom stereocenters. The van der Waals surface area contributed by atoms with E-state index in [0.29, 0.717) is 17.9 Å². The number of Topliss-reactive ketones (excluding diaryl/α,β-unsaturated/α-hetero) is 1. The highest BCUT2D eigenvalue weighted by atomic mass is 16.5. The summed E-state index contributed by atoms with van der Waals surface area (Å²) in [6.45, 7) is 4.22. The van der Waals surface area contributed by atoms with Crippen molar-refractivity contribution in [1.82, 2.24) is 4.57 Å². The lowest BCUT2D eigenvalue weighted by Crippen LogP contribution is -2.23. The first-order valence-electron chi connectivity index (χ1n) is 6.54. The maximum Gasteiger partial charge on any atom is 0.251 e. The van der Waals surface area contributed by atoms with Crippen LogP contribution < -0.4 is 10.3 Å². The molecule has 0 N–H and O–H groups in total. The van der Waals surface area contributed by atoms with Gasteiger partial charge in [-0.05, 0) is 37.6 Å². The average Bonchev–Trinajstić information content (AvgIpc) is 2.43. The predicted octanol–water partition coefficient (Wildman–Crippen LogP) is 2.44. The van der Waals surface area contributed by atoms with Crippen LogP contribution in [0, 0.1) is 6.92 Å². The molecule has 2 rings (SSSR count). The standard InChI is InChI=1S/C16H17NO3/c1-3-20-15-7-5-4-6-13(15)14(18)11-17-9-8-12(2)10-16(17)19/h4-10H,3,11H2,1-2H3. The molecule has 0 bridgehead atoms. The molecule has 0 aliphatic rings. The van der Waals surface area contributed by atoms with Crippen molar-refractivity contribution in [2.45, 2.75) is 20.4 Å². The summed E-state index contributed by atoms with van der Waals surface area (Å²) in [5.74, 6) is 0.417. The van der Waals surface area contributed by atoms with Crippen molar-refractivity contribution in [3.63, 3.8) is 0 Å². The zero-order valence-corrected chi connectivity index (χ0v) is 11.6. The van der Waals surface area contributed by atoms with E-state index in [4.69, 9.17) is 4.74 Å². The second-order valence-electron chi connectivity index (χ2n) is 4.52. The highest BCUT2D eigenvalue weighted by Crippen LogP contribution is 2.18. The van der Waals surface area contributed by atoms with Crippen LogP contribution in [0.3, 0.4) is 0 Å². The topological polar surface area (TPSA) is 48.3 Å². The minimum absolute atomic E-state index is 0.0171. The summed E-state index contributed by atoms with van der Waals surface area (Å²) in [6, 6.07) is 10.4. The fourth-order valence-electron chi connectivity index (χ4n) is 1.96. The molecule has 0 fully saturated rings. The number of hydrogen-bond donors (Lipinski definition) is 0. The van der Waals surface area contributed by atoms with Gasteiger partial charge in [0.2, 0.25) is 0 Å². The number of aromatic nitrogens is 1. The first kappa shape index (κ1) is 14.1. The quantitative estimate of drug-likeness (QED) is 0.785. The van der Waals surface area contributed by atoms with Crippen molar-refractivity contribution in [2.75, 3.05) is 6.61 Å². The fraction of sp³-hybridized carbons (Fsp3) is 0.250. The Morgan fingerprint density at radius 1 is 1.25 bits per heavy atom. The van der Waals surface area contributed by atoms with Gasteiger partial charge in [-0.25, -0.2) is 0 Å². The lowest BCUT2D eigenvalue weighted by molar-refractivity contribution is 0.0967. The summed E-state index contributed by atoms with van der Waals surface area (Å²) in [6.07, 6.45) is 1.64. The SMILES string of the molecule is CCOc1ccccc1C(=O)Cn1ccc(C)cc1=O. The first-order valence-corrected chi connectivity index (χ1v) is 6.54. The minimum atomic E-state index is -0.174. The number of para-hydroxylation sites is 1. The second kappa shape index (κ2) is 6.19. The predicted molar refractivity (Wildman–Crippen MR) is 77.4 cm³/mol. The van der Waals surface area contributed by atoms with E-state index < -0.39 is 0 Å². The van der Waals surface area contributed by atoms with Crippen LogP contribution in [-0.2, 0) is 6.54 Å². The van der Waals surface area contributed by atoms with Gasteiger partial charge in [-0.3, -0.25) is 9.59 Å². The number of carbonyl (C=O) groups is 1. The van der Waals surface area contributed by atoms with Crippen molar-refractivity contribution in [1.29, 1.82) is 0 Å². The van der Waals surface area contributed by atoms with E-state index in [-0.39, 0.29) is 17.9 Å². The van der Waals surface area contributed by atoms with Crippen molar-refractivity contribution in [3.8, 4) is 5.75 Å². The Bertz CT molecular complexity index is 673. The largest absolute Gasteiger partial charge is 0.493 e. The highest BCUT2D eigenvalue weighted by Gasteiger charge is 2.12. The van der Waals surface area contributed by atoms with E-state index in [9.17, 15) is 9.59 Å². The Morgan fingerprint density at radius 2 is 2.00 bits per heavy atom. The maximum absolute atomic E-state index is 12.3. The third-order valence-corrected chi connectivity index (χ3v) is 2.95. The number of carbonyl (C=O) groups excluding carboxylic acids is 1. The summed E-state index contributed by atoms with van der Waals surface area (Å²) in [5.41, 5.74) is 1.21. The number of ether oxygens (including phenoxy) is 1. The summed E-state index contributed by atoms with van der Waals surface area (Å²) in [4.78, 5) is 24.1. The molecule has 0 saturated heterocycles. The molecule has 0 aliphatic carbocycles. The van der Waals surface area contributed by atoms with Crippen LogP contribution in [0.4, 0.5) is 0 Å². The normalized spacial score (nSPS) is 10.3. The van der Waals surface area contributed by atoms with E-state index in [1.807, 2.05) is 26.0 Å². The molecule has 104 valence electrons. The summed E-state index contributed by atoms with van der Waals surface area (Å²) < 4.78 is 6.84. The van der Waals surface area contributed by atoms with Gasteiger partial charge in [0.25, 0.3) is 5.56 Å². The molecule has 20 heavy (non-hydrogen) atoms. The molecule has 0 amide bonds. The molecule has 0 atom stereocenters. The van der Waals surface area contributed by atoms with Crippen molar-refractivity contribution < 1.29 is 9.53 Å². The Morgan fingerprint density at radius 3 is 2.70 bits per heavy atom. The number of rotatable bonds is 5. The first-order chi connectivity index (χ1) is 9.61. The number of benzene rings is 1. The lowest BCUT2D eigenvalue weighted by atomic mass is 10.1. The van der Waals surface area contributed by atoms with Gasteiger partial charge < -0.3 is 9.30 Å². The number of pyridine rings is 1. The third kappa shape index (κ3) is 3.15. The maximum atomic E-state index is 12.3. The molecule has 1 aromatic heterocycles. The van der Waals surface area contributed by atoms with Crippen LogP contribution in [0.2, 0.25) is 0 Å². The Kier molecular flexibility index (Phi) is 4.35.